The van der Waals surface area contributed by atoms with Gasteiger partial charge in [-0.2, -0.15) is 0 Å². The number of alkyl carbamates (subject to hydrolysis) is 1. The number of hydrogen-bond acceptors (Lipinski definition) is 5. The van der Waals surface area contributed by atoms with Crippen molar-refractivity contribution >= 4 is 23.0 Å². The van der Waals surface area contributed by atoms with Gasteiger partial charge in [0.15, 0.2) is 0 Å². The molecule has 7 heteroatoms. The number of rotatable bonds is 4. The molecular weight excluding hydrogens is 336 g/mol. The summed E-state index contributed by atoms with van der Waals surface area (Å²) < 4.78 is 9.91. The van der Waals surface area contributed by atoms with Gasteiger partial charge in [0, 0.05) is 17.5 Å². The zero-order chi connectivity index (χ0) is 19.5. The standard InChI is InChI=1S/C19H24N2O5/c1-11-6-7-14-12(8-11)9-13(16(22)20-14)10-15(17(23)25-5)21-18(24)26-19(2,3)4/h6-9,15H,10H2,1-5H3,(H,20,22)(H,21,24)/t15-/m0/s1. The number of carbonyl (C=O) groups is 2. The molecule has 0 spiro atoms. The van der Waals surface area contributed by atoms with Crippen LogP contribution in [0.5, 0.6) is 0 Å². The Labute approximate surface area is 151 Å². The molecule has 7 nitrogen and oxygen atoms in total. The van der Waals surface area contributed by atoms with Crippen LogP contribution in [0.4, 0.5) is 4.79 Å². The first-order valence-corrected chi connectivity index (χ1v) is 8.29. The molecule has 0 fully saturated rings. The summed E-state index contributed by atoms with van der Waals surface area (Å²) in [6.07, 6.45) is -0.758. The number of amides is 1. The number of hydrogen-bond donors (Lipinski definition) is 2. The van der Waals surface area contributed by atoms with Crippen molar-refractivity contribution in [2.45, 2.75) is 45.8 Å². The third kappa shape index (κ3) is 5.08. The van der Waals surface area contributed by atoms with Crippen molar-refractivity contribution in [1.82, 2.24) is 10.3 Å². The van der Waals surface area contributed by atoms with Crippen molar-refractivity contribution < 1.29 is 19.1 Å². The minimum atomic E-state index is -1.03. The molecule has 1 aromatic carbocycles. The molecule has 1 heterocycles. The van der Waals surface area contributed by atoms with E-state index >= 15 is 0 Å². The van der Waals surface area contributed by atoms with Crippen molar-refractivity contribution in [3.05, 3.63) is 45.7 Å². The lowest BCUT2D eigenvalue weighted by molar-refractivity contribution is -0.143. The summed E-state index contributed by atoms with van der Waals surface area (Å²) in [5, 5.41) is 3.32. The quantitative estimate of drug-likeness (QED) is 0.816. The topological polar surface area (TPSA) is 97.5 Å². The van der Waals surface area contributed by atoms with Gasteiger partial charge in [0.05, 0.1) is 7.11 Å². The van der Waals surface area contributed by atoms with E-state index in [2.05, 4.69) is 10.3 Å². The fourth-order valence-corrected chi connectivity index (χ4v) is 2.53. The smallest absolute Gasteiger partial charge is 0.408 e. The number of aromatic amines is 1. The molecule has 2 aromatic rings. The van der Waals surface area contributed by atoms with Gasteiger partial charge >= 0.3 is 12.1 Å². The van der Waals surface area contributed by atoms with Crippen LogP contribution in [0.3, 0.4) is 0 Å². The van der Waals surface area contributed by atoms with Gasteiger partial charge < -0.3 is 19.8 Å². The number of carbonyl (C=O) groups excluding carboxylic acids is 2. The highest BCUT2D eigenvalue weighted by Crippen LogP contribution is 2.14. The molecular formula is C19H24N2O5. The molecule has 140 valence electrons. The van der Waals surface area contributed by atoms with Crippen molar-refractivity contribution in [1.29, 1.82) is 0 Å². The van der Waals surface area contributed by atoms with Gasteiger partial charge in [-0.15, -0.1) is 0 Å². The van der Waals surface area contributed by atoms with E-state index in [4.69, 9.17) is 9.47 Å². The highest BCUT2D eigenvalue weighted by molar-refractivity contribution is 5.83. The van der Waals surface area contributed by atoms with Gasteiger partial charge in [-0.1, -0.05) is 11.6 Å². The minimum Gasteiger partial charge on any atom is -0.467 e. The predicted molar refractivity (Wildman–Crippen MR) is 98.2 cm³/mol. The number of methoxy groups -OCH3 is 1. The lowest BCUT2D eigenvalue weighted by atomic mass is 10.0. The molecule has 1 aromatic heterocycles. The molecule has 2 rings (SSSR count). The zero-order valence-corrected chi connectivity index (χ0v) is 15.6. The highest BCUT2D eigenvalue weighted by atomic mass is 16.6. The highest BCUT2D eigenvalue weighted by Gasteiger charge is 2.26. The Morgan fingerprint density at radius 1 is 1.23 bits per heavy atom. The second-order valence-electron chi connectivity index (χ2n) is 7.14. The lowest BCUT2D eigenvalue weighted by Crippen LogP contribution is -2.45. The average molecular weight is 360 g/mol. The molecule has 0 saturated heterocycles. The number of pyridine rings is 1. The van der Waals surface area contributed by atoms with Crippen LogP contribution in [-0.4, -0.2) is 35.8 Å². The number of fused-ring (bicyclic) bond motifs is 1. The molecule has 0 unspecified atom stereocenters. The Morgan fingerprint density at radius 2 is 1.92 bits per heavy atom. The second-order valence-corrected chi connectivity index (χ2v) is 7.14. The molecule has 0 saturated carbocycles. The van der Waals surface area contributed by atoms with Crippen LogP contribution in [0, 0.1) is 6.92 Å². The largest absolute Gasteiger partial charge is 0.467 e. The van der Waals surface area contributed by atoms with Gasteiger partial charge in [-0.3, -0.25) is 4.79 Å². The van der Waals surface area contributed by atoms with E-state index in [1.165, 1.54) is 7.11 Å². The average Bonchev–Trinajstić information content (AvgIpc) is 2.52. The number of H-pyrrole nitrogens is 1. The Morgan fingerprint density at radius 3 is 2.54 bits per heavy atom. The first kappa shape index (κ1) is 19.5. The van der Waals surface area contributed by atoms with E-state index < -0.39 is 23.7 Å². The molecule has 0 aliphatic rings. The van der Waals surface area contributed by atoms with E-state index in [1.807, 2.05) is 25.1 Å². The SMILES string of the molecule is COC(=O)[C@H](Cc1cc2cc(C)ccc2[nH]c1=O)NC(=O)OC(C)(C)C. The van der Waals surface area contributed by atoms with Gasteiger partial charge in [0.2, 0.25) is 0 Å². The summed E-state index contributed by atoms with van der Waals surface area (Å²) >= 11 is 0. The number of nitrogens with one attached hydrogen (secondary N) is 2. The Kier molecular flexibility index (Phi) is 5.69. The summed E-state index contributed by atoms with van der Waals surface area (Å²) in [6, 6.07) is 6.35. The Balaban J connectivity index is 2.29. The van der Waals surface area contributed by atoms with Crippen LogP contribution in [0.15, 0.2) is 29.1 Å². The van der Waals surface area contributed by atoms with E-state index in [0.29, 0.717) is 11.1 Å². The first-order chi connectivity index (χ1) is 12.1. The van der Waals surface area contributed by atoms with Crippen molar-refractivity contribution in [3.63, 3.8) is 0 Å². The van der Waals surface area contributed by atoms with Crippen molar-refractivity contribution in [2.24, 2.45) is 0 Å². The van der Waals surface area contributed by atoms with E-state index in [-0.39, 0.29) is 12.0 Å². The monoisotopic (exact) mass is 360 g/mol. The van der Waals surface area contributed by atoms with Gasteiger partial charge in [-0.05, 0) is 51.3 Å². The molecule has 26 heavy (non-hydrogen) atoms. The van der Waals surface area contributed by atoms with E-state index in [9.17, 15) is 14.4 Å². The molecule has 1 atom stereocenters. The first-order valence-electron chi connectivity index (χ1n) is 8.29. The number of esters is 1. The molecule has 0 bridgehead atoms. The number of ether oxygens (including phenoxy) is 2. The predicted octanol–water partition coefficient (Wildman–Crippen LogP) is 2.45. The number of aryl methyl sites for hydroxylation is 1. The summed E-state index contributed by atoms with van der Waals surface area (Å²) in [5.41, 5.74) is 1.10. The normalized spacial score (nSPS) is 12.5. The Hall–Kier alpha value is -2.83. The van der Waals surface area contributed by atoms with Crippen LogP contribution >= 0.6 is 0 Å². The molecule has 1 amide bonds. The summed E-state index contributed by atoms with van der Waals surface area (Å²) in [6.45, 7) is 7.11. The van der Waals surface area contributed by atoms with Gasteiger partial charge in [0.1, 0.15) is 11.6 Å². The summed E-state index contributed by atoms with van der Waals surface area (Å²) in [4.78, 5) is 39.2. The molecule has 0 radical (unpaired) electrons. The minimum absolute atomic E-state index is 0.00880. The third-order valence-electron chi connectivity index (χ3n) is 3.68. The number of aromatic nitrogens is 1. The summed E-state index contributed by atoms with van der Waals surface area (Å²) in [5.74, 6) is -0.653. The van der Waals surface area contributed by atoms with E-state index in [1.54, 1.807) is 26.8 Å². The fraction of sp³-hybridized carbons (Fsp3) is 0.421. The summed E-state index contributed by atoms with van der Waals surface area (Å²) in [7, 11) is 1.22. The molecule has 0 aliphatic carbocycles. The molecule has 2 N–H and O–H groups in total. The Bertz CT molecular complexity index is 880. The third-order valence-corrected chi connectivity index (χ3v) is 3.68. The van der Waals surface area contributed by atoms with Crippen LogP contribution in [0.25, 0.3) is 10.9 Å². The van der Waals surface area contributed by atoms with Crippen LogP contribution < -0.4 is 10.9 Å². The van der Waals surface area contributed by atoms with Gasteiger partial charge in [-0.25, -0.2) is 9.59 Å². The molecule has 0 aliphatic heterocycles. The number of benzene rings is 1. The van der Waals surface area contributed by atoms with Crippen LogP contribution in [-0.2, 0) is 20.7 Å². The second kappa shape index (κ2) is 7.59. The van der Waals surface area contributed by atoms with Crippen LogP contribution in [0.2, 0.25) is 0 Å². The lowest BCUT2D eigenvalue weighted by Gasteiger charge is -2.22. The van der Waals surface area contributed by atoms with E-state index in [0.717, 1.165) is 10.9 Å². The zero-order valence-electron chi connectivity index (χ0n) is 15.6. The maximum Gasteiger partial charge on any atom is 0.408 e. The van der Waals surface area contributed by atoms with Crippen molar-refractivity contribution in [3.8, 4) is 0 Å². The maximum absolute atomic E-state index is 12.3. The fourth-order valence-electron chi connectivity index (χ4n) is 2.53. The maximum atomic E-state index is 12.3. The van der Waals surface area contributed by atoms with Gasteiger partial charge in [0.25, 0.3) is 5.56 Å². The van der Waals surface area contributed by atoms with Crippen LogP contribution in [0.1, 0.15) is 31.9 Å². The van der Waals surface area contributed by atoms with Crippen molar-refractivity contribution in [2.75, 3.05) is 7.11 Å².